The van der Waals surface area contributed by atoms with Crippen molar-refractivity contribution in [1.29, 1.82) is 0 Å². The number of ether oxygens (including phenoxy) is 2. The van der Waals surface area contributed by atoms with Crippen LogP contribution >= 0.6 is 0 Å². The molecule has 1 N–H and O–H groups in total. The minimum Gasteiger partial charge on any atom is -0.494 e. The molecule has 0 aliphatic carbocycles. The third kappa shape index (κ3) is 6.21. The van der Waals surface area contributed by atoms with Crippen LogP contribution in [0.25, 0.3) is 0 Å². The topological polar surface area (TPSA) is 102 Å². The van der Waals surface area contributed by atoms with E-state index in [0.29, 0.717) is 18.0 Å². The highest BCUT2D eigenvalue weighted by Gasteiger charge is 2.32. The average molecular weight is 449 g/mol. The molecule has 0 saturated carbocycles. The monoisotopic (exact) mass is 448 g/mol. The first-order chi connectivity index (χ1) is 14.7. The smallest absolute Gasteiger partial charge is 0.340 e. The number of benzene rings is 2. The van der Waals surface area contributed by atoms with Crippen molar-refractivity contribution in [3.63, 3.8) is 0 Å². The van der Waals surface area contributed by atoms with E-state index in [1.807, 2.05) is 6.92 Å². The van der Waals surface area contributed by atoms with E-state index >= 15 is 0 Å². The number of hydrogen-bond acceptors (Lipinski definition) is 6. The van der Waals surface area contributed by atoms with Gasteiger partial charge in [-0.15, -0.1) is 0 Å². The molecule has 0 radical (unpaired) electrons. The first-order valence-electron chi connectivity index (χ1n) is 10.0. The van der Waals surface area contributed by atoms with Gasteiger partial charge in [0.2, 0.25) is 15.9 Å². The molecule has 1 atom stereocenters. The molecule has 0 aromatic heterocycles. The van der Waals surface area contributed by atoms with Crippen molar-refractivity contribution in [1.82, 2.24) is 0 Å². The van der Waals surface area contributed by atoms with E-state index in [2.05, 4.69) is 5.32 Å². The van der Waals surface area contributed by atoms with Crippen molar-refractivity contribution in [2.45, 2.75) is 33.2 Å². The zero-order valence-corrected chi connectivity index (χ0v) is 18.9. The summed E-state index contributed by atoms with van der Waals surface area (Å²) in [6.07, 6.45) is 1.26. The highest BCUT2D eigenvalue weighted by Crippen LogP contribution is 2.26. The van der Waals surface area contributed by atoms with Gasteiger partial charge in [-0.25, -0.2) is 13.2 Å². The molecule has 8 nitrogen and oxygen atoms in total. The van der Waals surface area contributed by atoms with Crippen molar-refractivity contribution in [2.75, 3.05) is 29.1 Å². The van der Waals surface area contributed by atoms with E-state index in [9.17, 15) is 18.0 Å². The molecule has 31 heavy (non-hydrogen) atoms. The Morgan fingerprint density at radius 3 is 2.19 bits per heavy atom. The summed E-state index contributed by atoms with van der Waals surface area (Å²) in [4.78, 5) is 25.3. The number of carbonyl (C=O) groups is 2. The molecule has 0 aliphatic heterocycles. The van der Waals surface area contributed by atoms with Crippen LogP contribution in [0, 0.1) is 0 Å². The number of rotatable bonds is 10. The summed E-state index contributed by atoms with van der Waals surface area (Å²) in [5.41, 5.74) is 0.788. The lowest BCUT2D eigenvalue weighted by atomic mass is 10.1. The Kier molecular flexibility index (Phi) is 8.44. The van der Waals surface area contributed by atoms with Gasteiger partial charge in [0.15, 0.2) is 0 Å². The number of esters is 1. The summed E-state index contributed by atoms with van der Waals surface area (Å²) in [6, 6.07) is 11.9. The second kappa shape index (κ2) is 10.8. The highest BCUT2D eigenvalue weighted by atomic mass is 32.2. The Hall–Kier alpha value is -3.07. The van der Waals surface area contributed by atoms with Gasteiger partial charge in [0.05, 0.1) is 36.4 Å². The Labute approximate surface area is 183 Å². The zero-order valence-electron chi connectivity index (χ0n) is 18.1. The molecule has 168 valence electrons. The van der Waals surface area contributed by atoms with Crippen LogP contribution < -0.4 is 14.4 Å². The molecule has 9 heteroatoms. The second-order valence-electron chi connectivity index (χ2n) is 6.67. The summed E-state index contributed by atoms with van der Waals surface area (Å²) < 4.78 is 36.7. The average Bonchev–Trinajstić information content (AvgIpc) is 2.72. The fourth-order valence-corrected chi connectivity index (χ4v) is 4.32. The summed E-state index contributed by atoms with van der Waals surface area (Å²) in [7, 11) is -3.79. The molecule has 0 heterocycles. The summed E-state index contributed by atoms with van der Waals surface area (Å²) in [5.74, 6) is -0.531. The second-order valence-corrected chi connectivity index (χ2v) is 8.52. The van der Waals surface area contributed by atoms with Gasteiger partial charge in [0.25, 0.3) is 0 Å². The fraction of sp³-hybridized carbons (Fsp3) is 0.364. The Bertz CT molecular complexity index is 1000. The van der Waals surface area contributed by atoms with Crippen molar-refractivity contribution in [2.24, 2.45) is 0 Å². The highest BCUT2D eigenvalue weighted by molar-refractivity contribution is 7.92. The van der Waals surface area contributed by atoms with Crippen LogP contribution in [-0.4, -0.2) is 45.8 Å². The molecule has 0 aliphatic rings. The number of carbonyl (C=O) groups excluding carboxylic acids is 2. The molecule has 0 unspecified atom stereocenters. The Morgan fingerprint density at radius 2 is 1.65 bits per heavy atom. The van der Waals surface area contributed by atoms with E-state index in [-0.39, 0.29) is 24.3 Å². The van der Waals surface area contributed by atoms with Crippen LogP contribution in [0.1, 0.15) is 37.6 Å². The molecule has 0 bridgehead atoms. The predicted molar refractivity (Wildman–Crippen MR) is 120 cm³/mol. The quantitative estimate of drug-likeness (QED) is 0.559. The van der Waals surface area contributed by atoms with Gasteiger partial charge in [0, 0.05) is 0 Å². The summed E-state index contributed by atoms with van der Waals surface area (Å²) in [6.45, 7) is 5.93. The maximum atomic E-state index is 13.1. The van der Waals surface area contributed by atoms with Crippen LogP contribution in [0.3, 0.4) is 0 Å². The van der Waals surface area contributed by atoms with Crippen LogP contribution in [0.15, 0.2) is 48.5 Å². The lowest BCUT2D eigenvalue weighted by Crippen LogP contribution is -2.47. The van der Waals surface area contributed by atoms with Crippen molar-refractivity contribution >= 4 is 33.3 Å². The van der Waals surface area contributed by atoms with E-state index in [4.69, 9.17) is 9.47 Å². The van der Waals surface area contributed by atoms with Crippen molar-refractivity contribution in [3.8, 4) is 5.75 Å². The van der Waals surface area contributed by atoms with Gasteiger partial charge < -0.3 is 14.8 Å². The molecule has 2 aromatic rings. The van der Waals surface area contributed by atoms with Crippen molar-refractivity contribution < 1.29 is 27.5 Å². The Balaban J connectivity index is 2.37. The van der Waals surface area contributed by atoms with Gasteiger partial charge in [-0.3, -0.25) is 9.10 Å². The third-order valence-corrected chi connectivity index (χ3v) is 5.59. The van der Waals surface area contributed by atoms with Crippen LogP contribution in [0.5, 0.6) is 5.75 Å². The molecule has 2 aromatic carbocycles. The lowest BCUT2D eigenvalue weighted by molar-refractivity contribution is -0.117. The maximum Gasteiger partial charge on any atom is 0.340 e. The molecule has 2 rings (SSSR count). The van der Waals surface area contributed by atoms with E-state index in [1.165, 1.54) is 6.07 Å². The number of nitrogens with one attached hydrogen (secondary N) is 1. The molecule has 0 saturated heterocycles. The summed E-state index contributed by atoms with van der Waals surface area (Å²) in [5, 5.41) is 2.68. The first kappa shape index (κ1) is 24.2. The minimum absolute atomic E-state index is 0.193. The van der Waals surface area contributed by atoms with Gasteiger partial charge in [-0.2, -0.15) is 0 Å². The molecule has 1 amide bonds. The minimum atomic E-state index is -3.79. The van der Waals surface area contributed by atoms with Crippen LogP contribution in [-0.2, 0) is 19.6 Å². The first-order valence-corrected chi connectivity index (χ1v) is 11.9. The molecular weight excluding hydrogens is 420 g/mol. The largest absolute Gasteiger partial charge is 0.494 e. The molecule has 0 spiro atoms. The van der Waals surface area contributed by atoms with E-state index < -0.39 is 27.9 Å². The van der Waals surface area contributed by atoms with Gasteiger partial charge >= 0.3 is 5.97 Å². The number of amides is 1. The number of sulfonamides is 1. The number of hydrogen-bond donors (Lipinski definition) is 1. The van der Waals surface area contributed by atoms with Crippen LogP contribution in [0.2, 0.25) is 0 Å². The third-order valence-electron chi connectivity index (χ3n) is 4.41. The standard InChI is InChI=1S/C22H28N2O6S/c1-5-20(21(25)23-19-11-9-8-10-18(19)22(26)30-7-3)24(31(4,27)28)16-12-14-17(15-13-16)29-6-2/h8-15,20H,5-7H2,1-4H3,(H,23,25)/t20-/m0/s1. The SMILES string of the molecule is CCOC(=O)c1ccccc1NC(=O)[C@H](CC)N(c1ccc(OCC)cc1)S(C)(=O)=O. The predicted octanol–water partition coefficient (Wildman–Crippen LogP) is 3.45. The Morgan fingerprint density at radius 1 is 1.00 bits per heavy atom. The maximum absolute atomic E-state index is 13.1. The zero-order chi connectivity index (χ0) is 23.0. The van der Waals surface area contributed by atoms with E-state index in [1.54, 1.807) is 56.3 Å². The molecular formula is C22H28N2O6S. The number of para-hydroxylation sites is 1. The molecule has 0 fully saturated rings. The van der Waals surface area contributed by atoms with Crippen molar-refractivity contribution in [3.05, 3.63) is 54.1 Å². The fourth-order valence-electron chi connectivity index (χ4n) is 3.11. The van der Waals surface area contributed by atoms with Crippen LogP contribution in [0.4, 0.5) is 11.4 Å². The van der Waals surface area contributed by atoms with Gasteiger partial charge in [-0.1, -0.05) is 19.1 Å². The van der Waals surface area contributed by atoms with Gasteiger partial charge in [-0.05, 0) is 56.7 Å². The van der Waals surface area contributed by atoms with Gasteiger partial charge in [0.1, 0.15) is 11.8 Å². The number of nitrogens with zero attached hydrogens (tertiary/aromatic N) is 1. The lowest BCUT2D eigenvalue weighted by Gasteiger charge is -2.30. The van der Waals surface area contributed by atoms with E-state index in [0.717, 1.165) is 10.6 Å². The normalized spacial score (nSPS) is 12.0. The number of anilines is 2. The summed E-state index contributed by atoms with van der Waals surface area (Å²) >= 11 is 0.